The Kier molecular flexibility index (Phi) is 30.3. The maximum atomic E-state index is 14.3. The molecule has 2 saturated heterocycles. The number of carbonyl (C=O) groups is 12. The molecule has 0 radical (unpaired) electrons. The molecule has 33 heteroatoms. The van der Waals surface area contributed by atoms with Crippen LogP contribution in [-0.2, 0) is 64.0 Å². The second-order valence-corrected chi connectivity index (χ2v) is 24.1. The van der Waals surface area contributed by atoms with Crippen LogP contribution in [0.4, 0.5) is 0 Å². The van der Waals surface area contributed by atoms with E-state index in [9.17, 15) is 72.9 Å². The summed E-state index contributed by atoms with van der Waals surface area (Å²) in [6, 6.07) is -7.23. The van der Waals surface area contributed by atoms with Crippen molar-refractivity contribution < 1.29 is 72.9 Å². The molecule has 0 aliphatic carbocycles. The summed E-state index contributed by atoms with van der Waals surface area (Å²) in [4.78, 5) is 172. The molecule has 0 saturated carbocycles. The van der Waals surface area contributed by atoms with Crippen molar-refractivity contribution in [1.82, 2.24) is 57.3 Å². The number of nitrogens with zero attached hydrogens (tertiary/aromatic N) is 3. The van der Waals surface area contributed by atoms with Crippen molar-refractivity contribution in [1.29, 1.82) is 0 Å². The number of carbonyl (C=O) groups excluding carboxylic acids is 10. The number of hydrogen-bond acceptors (Lipinski definition) is 18. The number of rotatable bonds is 36. The first-order chi connectivity index (χ1) is 42.1. The van der Waals surface area contributed by atoms with Crippen molar-refractivity contribution in [2.75, 3.05) is 43.1 Å². The zero-order valence-corrected chi connectivity index (χ0v) is 53.1. The summed E-state index contributed by atoms with van der Waals surface area (Å²) in [5, 5.41) is 51.1. The molecule has 0 unspecified atom stereocenters. The van der Waals surface area contributed by atoms with Crippen LogP contribution in [0.2, 0.25) is 0 Å². The average Bonchev–Trinajstić information content (AvgIpc) is 4.03. The molecule has 4 rings (SSSR count). The zero-order chi connectivity index (χ0) is 66.2. The number of hydrogen-bond donors (Lipinski definition) is 17. The molecule has 0 bridgehead atoms. The van der Waals surface area contributed by atoms with Crippen LogP contribution in [0.15, 0.2) is 35.5 Å². The van der Waals surface area contributed by atoms with E-state index in [1.807, 2.05) is 24.3 Å². The molecular formula is C56H87N15O15S3. The van der Waals surface area contributed by atoms with E-state index in [1.165, 1.54) is 35.4 Å². The largest absolute Gasteiger partial charge is 0.481 e. The van der Waals surface area contributed by atoms with E-state index in [2.05, 4.69) is 77.8 Å². The Morgan fingerprint density at radius 2 is 1.22 bits per heavy atom. The summed E-state index contributed by atoms with van der Waals surface area (Å²) in [5.41, 5.74) is 18.5. The van der Waals surface area contributed by atoms with Gasteiger partial charge in [-0.2, -0.15) is 37.0 Å². The van der Waals surface area contributed by atoms with Crippen molar-refractivity contribution in [3.8, 4) is 0 Å². The highest BCUT2D eigenvalue weighted by atomic mass is 32.2. The van der Waals surface area contributed by atoms with Gasteiger partial charge in [0.05, 0.1) is 12.1 Å². The third kappa shape index (κ3) is 22.6. The highest BCUT2D eigenvalue weighted by Crippen LogP contribution is 2.23. The number of guanidine groups is 1. The first-order valence-electron chi connectivity index (χ1n) is 29.4. The van der Waals surface area contributed by atoms with Gasteiger partial charge < -0.3 is 89.8 Å². The lowest BCUT2D eigenvalue weighted by molar-refractivity contribution is -0.144. The van der Waals surface area contributed by atoms with E-state index in [-0.39, 0.29) is 81.5 Å². The molecule has 30 nitrogen and oxygen atoms in total. The van der Waals surface area contributed by atoms with Crippen LogP contribution in [0, 0.1) is 5.92 Å². The van der Waals surface area contributed by atoms with E-state index in [0.717, 1.165) is 10.9 Å². The molecule has 494 valence electrons. The summed E-state index contributed by atoms with van der Waals surface area (Å²) in [6.07, 6.45) is 2.39. The molecular weight excluding hydrogens is 1220 g/mol. The van der Waals surface area contributed by atoms with Gasteiger partial charge in [-0.3, -0.25) is 57.7 Å². The molecule has 0 spiro atoms. The standard InChI is InChI=1S/C56H87N15O15S3/c1-28(2)23-37(47(77)63-35(16-17-43(73)74)46(76)67-39(26-87)49(79)64-36(55(85)86)18-22-89-5)66-50(80)41-14-9-20-70(41)53(83)29(3)62-52(82)44(30(4)72)69-51(81)42-15-10-21-71(42)54(84)40(27-88)68-48(78)38(24-31-25-61-34-13-7-6-11-32(31)34)65-45(75)33(57)12-8-19-60-56(58)59/h6-7,11,13,25,28-30,33,35-42,44,61,72,87-88H,8-10,12,14-24,26-27,57H2,1-5H3,(H,62,82)(H,63,77)(H,64,79)(H,65,75)(H,66,80)(H,67,76)(H,68,78)(H,69,81)(H,73,74)(H,85,86)(H4,58,59,60)/t29-,30+,33-,35-,36-,37-,38-,39-,40-,41-,42-,44-/m0/s1. The number of amides is 10. The zero-order valence-electron chi connectivity index (χ0n) is 50.5. The smallest absolute Gasteiger partial charge is 0.326 e. The van der Waals surface area contributed by atoms with Crippen molar-refractivity contribution in [2.24, 2.45) is 28.1 Å². The van der Waals surface area contributed by atoms with Crippen molar-refractivity contribution in [3.63, 3.8) is 0 Å². The van der Waals surface area contributed by atoms with E-state index < -0.39 is 156 Å². The number of carboxylic acids is 2. The molecule has 2 aliphatic rings. The number of thiol groups is 2. The summed E-state index contributed by atoms with van der Waals surface area (Å²) in [6.45, 7) is 6.38. The molecule has 1 aromatic heterocycles. The molecule has 89 heavy (non-hydrogen) atoms. The lowest BCUT2D eigenvalue weighted by atomic mass is 10.0. The van der Waals surface area contributed by atoms with Crippen LogP contribution in [-0.4, -0.2) is 223 Å². The van der Waals surface area contributed by atoms with Gasteiger partial charge in [-0.25, -0.2) is 4.79 Å². The van der Waals surface area contributed by atoms with Gasteiger partial charge >= 0.3 is 11.9 Å². The number of likely N-dealkylation sites (tertiary alicyclic amines) is 2. The highest BCUT2D eigenvalue weighted by Gasteiger charge is 2.43. The molecule has 10 amide bonds. The first-order valence-corrected chi connectivity index (χ1v) is 32.0. The Labute approximate surface area is 530 Å². The van der Waals surface area contributed by atoms with Gasteiger partial charge in [0.15, 0.2) is 5.96 Å². The minimum atomic E-state index is -1.67. The third-order valence-corrected chi connectivity index (χ3v) is 16.3. The predicted octanol–water partition coefficient (Wildman–Crippen LogP) is -3.04. The Hall–Kier alpha value is -7.36. The minimum Gasteiger partial charge on any atom is -0.481 e. The number of benzene rings is 1. The Bertz CT molecular complexity index is 2860. The Morgan fingerprint density at radius 3 is 1.81 bits per heavy atom. The summed E-state index contributed by atoms with van der Waals surface area (Å²) >= 11 is 9.86. The maximum absolute atomic E-state index is 14.3. The van der Waals surface area contributed by atoms with Crippen molar-refractivity contribution in [2.45, 2.75) is 171 Å². The number of carboxylic acid groups (broad SMARTS) is 2. The second-order valence-electron chi connectivity index (χ2n) is 22.4. The molecule has 3 heterocycles. The van der Waals surface area contributed by atoms with Gasteiger partial charge in [0.2, 0.25) is 59.1 Å². The highest BCUT2D eigenvalue weighted by molar-refractivity contribution is 7.98. The van der Waals surface area contributed by atoms with Crippen LogP contribution >= 0.6 is 37.0 Å². The minimum absolute atomic E-state index is 0.00784. The van der Waals surface area contributed by atoms with Gasteiger partial charge in [-0.1, -0.05) is 32.0 Å². The van der Waals surface area contributed by atoms with Crippen molar-refractivity contribution >= 4 is 125 Å². The van der Waals surface area contributed by atoms with E-state index in [0.29, 0.717) is 30.6 Å². The number of para-hydroxylation sites is 1. The van der Waals surface area contributed by atoms with Crippen LogP contribution in [0.1, 0.15) is 97.5 Å². The van der Waals surface area contributed by atoms with Crippen LogP contribution in [0.5, 0.6) is 0 Å². The number of nitrogens with two attached hydrogens (primary N) is 3. The molecule has 18 N–H and O–H groups in total. The number of aliphatic imine (C=N–C) groups is 1. The lowest BCUT2D eigenvalue weighted by Gasteiger charge is -2.31. The van der Waals surface area contributed by atoms with Gasteiger partial charge in [0.1, 0.15) is 60.4 Å². The average molecular weight is 1310 g/mol. The van der Waals surface area contributed by atoms with E-state index in [1.54, 1.807) is 26.3 Å². The number of H-pyrrole nitrogens is 1. The fraction of sp³-hybridized carbons (Fsp3) is 0.625. The molecule has 12 atom stereocenters. The number of fused-ring (bicyclic) bond motifs is 1. The number of aromatic amines is 1. The number of thioether (sulfide) groups is 1. The molecule has 2 aliphatic heterocycles. The van der Waals surface area contributed by atoms with Gasteiger partial charge in [-0.05, 0) is 101 Å². The number of aromatic nitrogens is 1. The van der Waals surface area contributed by atoms with Crippen LogP contribution in [0.25, 0.3) is 10.9 Å². The number of nitrogens with one attached hydrogen (secondary N) is 9. The molecule has 2 fully saturated rings. The molecule has 1 aromatic carbocycles. The summed E-state index contributed by atoms with van der Waals surface area (Å²) in [7, 11) is 0. The maximum Gasteiger partial charge on any atom is 0.326 e. The lowest BCUT2D eigenvalue weighted by Crippen LogP contribution is -2.61. The monoisotopic (exact) mass is 1310 g/mol. The summed E-state index contributed by atoms with van der Waals surface area (Å²) < 4.78 is 0. The Morgan fingerprint density at radius 1 is 0.674 bits per heavy atom. The second kappa shape index (κ2) is 36.3. The Balaban J connectivity index is 1.42. The molecule has 2 aromatic rings. The van der Waals surface area contributed by atoms with E-state index >= 15 is 0 Å². The van der Waals surface area contributed by atoms with E-state index in [4.69, 9.17) is 17.2 Å². The predicted molar refractivity (Wildman–Crippen MR) is 337 cm³/mol. The number of aliphatic carboxylic acids is 2. The van der Waals surface area contributed by atoms with Crippen LogP contribution < -0.4 is 59.7 Å². The van der Waals surface area contributed by atoms with Crippen molar-refractivity contribution in [3.05, 3.63) is 36.0 Å². The fourth-order valence-corrected chi connectivity index (χ4v) is 11.2. The normalized spacial score (nSPS) is 18.1. The van der Waals surface area contributed by atoms with Crippen LogP contribution in [0.3, 0.4) is 0 Å². The van der Waals surface area contributed by atoms with Gasteiger partial charge in [-0.15, -0.1) is 0 Å². The number of aliphatic hydroxyl groups is 1. The quantitative estimate of drug-likeness (QED) is 0.0140. The SMILES string of the molecule is CSCC[C@H](NC(=O)[C@H](CS)NC(=O)[C@H](CCC(=O)O)NC(=O)[C@H](CC(C)C)NC(=O)[C@@H]1CCCN1C(=O)[C@H](C)NC(=O)[C@@H](NC(=O)[C@@H]1CCCN1C(=O)[C@H](CS)NC(=O)[C@H](Cc1c[nH]c2ccccc12)NC(=O)[C@@H](N)CCCN=C(N)N)[C@@H](C)O)C(=O)O. The first kappa shape index (κ1) is 74.1. The third-order valence-electron chi connectivity index (χ3n) is 15.0. The topological polar surface area (TPSA) is 474 Å². The number of aliphatic hydroxyl groups excluding tert-OH is 1. The summed E-state index contributed by atoms with van der Waals surface area (Å²) in [5.74, 6) is -11.3. The fourth-order valence-electron chi connectivity index (χ4n) is 10.2. The van der Waals surface area contributed by atoms with Gasteiger partial charge in [0.25, 0.3) is 0 Å². The van der Waals surface area contributed by atoms with Gasteiger partial charge in [0, 0.05) is 61.1 Å².